The highest BCUT2D eigenvalue weighted by Gasteiger charge is 2.31. The first-order valence-corrected chi connectivity index (χ1v) is 16.5. The second-order valence-electron chi connectivity index (χ2n) is 14.9. The summed E-state index contributed by atoms with van der Waals surface area (Å²) in [4.78, 5) is 67.3. The Hall–Kier alpha value is -4.13. The van der Waals surface area contributed by atoms with E-state index in [1.54, 1.807) is 62.3 Å². The molecule has 0 aliphatic heterocycles. The number of benzene rings is 1. The fourth-order valence-electron chi connectivity index (χ4n) is 4.70. The number of urea groups is 1. The van der Waals surface area contributed by atoms with Gasteiger partial charge in [0.25, 0.3) is 0 Å². The summed E-state index contributed by atoms with van der Waals surface area (Å²) in [5.41, 5.74) is 5.74. The summed E-state index contributed by atoms with van der Waals surface area (Å²) in [6.07, 6.45) is 3.17. The van der Waals surface area contributed by atoms with Crippen LogP contribution in [-0.2, 0) is 39.8 Å². The van der Waals surface area contributed by atoms with Gasteiger partial charge in [0.05, 0.1) is 6.04 Å². The Morgan fingerprint density at radius 3 is 1.88 bits per heavy atom. The molecule has 0 saturated heterocycles. The third-order valence-corrected chi connectivity index (χ3v) is 6.72. The fourth-order valence-corrected chi connectivity index (χ4v) is 4.70. The van der Waals surface area contributed by atoms with Gasteiger partial charge in [-0.15, -0.1) is 0 Å². The van der Waals surface area contributed by atoms with E-state index in [2.05, 4.69) is 20.9 Å². The summed E-state index contributed by atoms with van der Waals surface area (Å²) in [7, 11) is 0. The largest absolute Gasteiger partial charge is 0.460 e. The maximum Gasteiger partial charge on any atom is 0.329 e. The molecule has 48 heavy (non-hydrogen) atoms. The molecule has 0 unspecified atom stereocenters. The van der Waals surface area contributed by atoms with Gasteiger partial charge in [-0.2, -0.15) is 0 Å². The van der Waals surface area contributed by atoms with E-state index in [1.165, 1.54) is 0 Å². The number of nitrogens with one attached hydrogen (secondary N) is 4. The number of esters is 3. The summed E-state index contributed by atoms with van der Waals surface area (Å²) < 4.78 is 16.3. The van der Waals surface area contributed by atoms with Gasteiger partial charge in [0.15, 0.2) is 0 Å². The summed E-state index contributed by atoms with van der Waals surface area (Å²) in [6.45, 7) is 15.7. The number of carbonyl (C=O) groups excluding carboxylic acids is 5. The molecule has 6 N–H and O–H groups in total. The number of hydrogen-bond acceptors (Lipinski definition) is 9. The molecule has 0 bridgehead atoms. The lowest BCUT2D eigenvalue weighted by Crippen LogP contribution is -2.53. The Kier molecular flexibility index (Phi) is 14.5. The number of H-pyrrole nitrogens is 1. The number of hydrogen-bond donors (Lipinski definition) is 5. The zero-order valence-electron chi connectivity index (χ0n) is 29.9. The third kappa shape index (κ3) is 15.2. The average molecular weight is 674 g/mol. The van der Waals surface area contributed by atoms with Crippen LogP contribution in [0.15, 0.2) is 30.5 Å². The highest BCUT2D eigenvalue weighted by atomic mass is 16.6. The van der Waals surface area contributed by atoms with Crippen LogP contribution in [0.1, 0.15) is 100.0 Å². The number of rotatable bonds is 15. The number of fused-ring (bicyclic) bond motifs is 1. The minimum Gasteiger partial charge on any atom is -0.460 e. The van der Waals surface area contributed by atoms with Crippen molar-refractivity contribution in [1.82, 2.24) is 20.9 Å². The maximum absolute atomic E-state index is 13.1. The number of para-hydroxylation sites is 1. The maximum atomic E-state index is 13.1. The van der Waals surface area contributed by atoms with Crippen molar-refractivity contribution in [2.24, 2.45) is 5.73 Å². The van der Waals surface area contributed by atoms with Crippen LogP contribution in [0.3, 0.4) is 0 Å². The number of nitrogens with two attached hydrogens (primary N) is 1. The van der Waals surface area contributed by atoms with Crippen molar-refractivity contribution in [2.45, 2.75) is 136 Å². The van der Waals surface area contributed by atoms with E-state index >= 15 is 0 Å². The van der Waals surface area contributed by atoms with Crippen LogP contribution in [0.5, 0.6) is 0 Å². The van der Waals surface area contributed by atoms with Gasteiger partial charge in [0, 0.05) is 30.1 Å². The van der Waals surface area contributed by atoms with Gasteiger partial charge in [0.2, 0.25) is 5.91 Å². The molecule has 0 spiro atoms. The van der Waals surface area contributed by atoms with Crippen molar-refractivity contribution < 1.29 is 38.2 Å². The highest BCUT2D eigenvalue weighted by molar-refractivity contribution is 5.88. The van der Waals surface area contributed by atoms with Gasteiger partial charge >= 0.3 is 23.9 Å². The summed E-state index contributed by atoms with van der Waals surface area (Å²) >= 11 is 0. The zero-order chi connectivity index (χ0) is 36.3. The Morgan fingerprint density at radius 2 is 1.31 bits per heavy atom. The Bertz CT molecular complexity index is 1400. The lowest BCUT2D eigenvalue weighted by molar-refractivity contribution is -0.159. The summed E-state index contributed by atoms with van der Waals surface area (Å²) in [5.74, 6) is -2.20. The quantitative estimate of drug-likeness (QED) is 0.105. The molecule has 2 rings (SSSR count). The molecule has 3 amide bonds. The van der Waals surface area contributed by atoms with Gasteiger partial charge < -0.3 is 40.9 Å². The second-order valence-corrected chi connectivity index (χ2v) is 14.9. The molecule has 1 aromatic carbocycles. The number of amides is 3. The molecule has 1 aromatic heterocycles. The highest BCUT2D eigenvalue weighted by Crippen LogP contribution is 2.19. The Morgan fingerprint density at radius 1 is 0.771 bits per heavy atom. The first kappa shape index (κ1) is 40.0. The first-order valence-electron chi connectivity index (χ1n) is 16.5. The van der Waals surface area contributed by atoms with Crippen molar-refractivity contribution >= 4 is 40.7 Å². The van der Waals surface area contributed by atoms with Gasteiger partial charge in [0.1, 0.15) is 28.9 Å². The molecule has 1 heterocycles. The molecule has 0 aliphatic carbocycles. The van der Waals surface area contributed by atoms with Crippen molar-refractivity contribution in [3.05, 3.63) is 36.0 Å². The minimum absolute atomic E-state index is 0.0729. The van der Waals surface area contributed by atoms with E-state index < -0.39 is 58.9 Å². The standard InChI is InChI=1S/C35H55N5O8/c1-33(2,3)46-28(41)18-17-27(31(44)48-35(7,8)9)40-32(45)39-26(30(43)47-34(4,5)6)16-12-13-19-37-29(42)24(36)20-22-21-38-25-15-11-10-14-23(22)25/h10-11,14-15,21,24,26-27,38H,12-13,16-20,36H2,1-9H3,(H,37,42)(H2,39,40,45)/t24-,26+,27+/m1/s1. The lowest BCUT2D eigenvalue weighted by atomic mass is 10.0. The van der Waals surface area contributed by atoms with E-state index in [-0.39, 0.29) is 25.2 Å². The normalized spacial score (nSPS) is 14.0. The molecule has 3 atom stereocenters. The van der Waals surface area contributed by atoms with E-state index in [1.807, 2.05) is 30.5 Å². The predicted molar refractivity (Wildman–Crippen MR) is 183 cm³/mol. The number of aromatic nitrogens is 1. The van der Waals surface area contributed by atoms with Crippen LogP contribution in [-0.4, -0.2) is 76.3 Å². The van der Waals surface area contributed by atoms with Crippen molar-refractivity contribution in [1.29, 1.82) is 0 Å². The van der Waals surface area contributed by atoms with Crippen molar-refractivity contribution in [3.63, 3.8) is 0 Å². The smallest absolute Gasteiger partial charge is 0.329 e. The molecule has 2 aromatic rings. The molecule has 13 heteroatoms. The summed E-state index contributed by atoms with van der Waals surface area (Å²) in [5, 5.41) is 9.02. The van der Waals surface area contributed by atoms with Crippen LogP contribution in [0.2, 0.25) is 0 Å². The van der Waals surface area contributed by atoms with Crippen LogP contribution in [0, 0.1) is 0 Å². The monoisotopic (exact) mass is 673 g/mol. The SMILES string of the molecule is CC(C)(C)OC(=O)CC[C@H](NC(=O)N[C@@H](CCCCNC(=O)[C@H](N)Cc1c[nH]c2ccccc12)C(=O)OC(C)(C)C)C(=O)OC(C)(C)C. The van der Waals surface area contributed by atoms with Crippen molar-refractivity contribution in [3.8, 4) is 0 Å². The summed E-state index contributed by atoms with van der Waals surface area (Å²) in [6, 6.07) is 4.03. The van der Waals surface area contributed by atoms with Gasteiger partial charge in [-0.05, 0) is 106 Å². The topological polar surface area (TPSA) is 191 Å². The predicted octanol–water partition coefficient (Wildman–Crippen LogP) is 4.17. The zero-order valence-corrected chi connectivity index (χ0v) is 29.9. The molecule has 13 nitrogen and oxygen atoms in total. The number of unbranched alkanes of at least 4 members (excludes halogenated alkanes) is 1. The first-order chi connectivity index (χ1) is 22.1. The van der Waals surface area contributed by atoms with Crippen LogP contribution < -0.4 is 21.7 Å². The van der Waals surface area contributed by atoms with Crippen molar-refractivity contribution in [2.75, 3.05) is 6.54 Å². The third-order valence-electron chi connectivity index (χ3n) is 6.72. The molecule has 268 valence electrons. The van der Waals surface area contributed by atoms with E-state index in [9.17, 15) is 24.0 Å². The molecule has 0 radical (unpaired) electrons. The number of ether oxygens (including phenoxy) is 3. The Balaban J connectivity index is 1.97. The Labute approximate surface area is 283 Å². The van der Waals surface area contributed by atoms with Gasteiger partial charge in [-0.3, -0.25) is 9.59 Å². The van der Waals surface area contributed by atoms with Gasteiger partial charge in [-0.25, -0.2) is 14.4 Å². The van der Waals surface area contributed by atoms with E-state index in [0.717, 1.165) is 16.5 Å². The van der Waals surface area contributed by atoms with Crippen LogP contribution in [0.4, 0.5) is 4.79 Å². The lowest BCUT2D eigenvalue weighted by Gasteiger charge is -2.27. The fraction of sp³-hybridized carbons (Fsp3) is 0.629. The molecular formula is C35H55N5O8. The van der Waals surface area contributed by atoms with E-state index in [0.29, 0.717) is 25.8 Å². The average Bonchev–Trinajstić information content (AvgIpc) is 3.34. The number of carbonyl (C=O) groups is 5. The van der Waals surface area contributed by atoms with E-state index in [4.69, 9.17) is 19.9 Å². The molecular weight excluding hydrogens is 618 g/mol. The second kappa shape index (κ2) is 17.3. The van der Waals surface area contributed by atoms with Crippen LogP contribution in [0.25, 0.3) is 10.9 Å². The number of aromatic amines is 1. The molecule has 0 saturated carbocycles. The minimum atomic E-state index is -1.18. The molecule has 0 fully saturated rings. The van der Waals surface area contributed by atoms with Crippen LogP contribution >= 0.6 is 0 Å². The molecule has 0 aliphatic rings. The van der Waals surface area contributed by atoms with Gasteiger partial charge in [-0.1, -0.05) is 18.2 Å².